The van der Waals surface area contributed by atoms with Gasteiger partial charge in [0.2, 0.25) is 0 Å². The molecule has 1 aliphatic rings. The normalized spacial score (nSPS) is 19.8. The van der Waals surface area contributed by atoms with Crippen LogP contribution in [0.3, 0.4) is 0 Å². The molecule has 2 heterocycles. The van der Waals surface area contributed by atoms with Crippen LogP contribution in [0.5, 0.6) is 0 Å². The number of hydrogen-bond donors (Lipinski definition) is 1. The fourth-order valence-corrected chi connectivity index (χ4v) is 2.76. The smallest absolute Gasteiger partial charge is 0.317 e. The van der Waals surface area contributed by atoms with E-state index in [1.807, 2.05) is 12.1 Å². The first-order valence-corrected chi connectivity index (χ1v) is 7.46. The lowest BCUT2D eigenvalue weighted by molar-refractivity contribution is 0.149. The Labute approximate surface area is 120 Å². The number of likely N-dealkylation sites (tertiary alicyclic amines) is 1. The Kier molecular flexibility index (Phi) is 5.47. The van der Waals surface area contributed by atoms with Gasteiger partial charge >= 0.3 is 6.03 Å². The number of likely N-dealkylation sites (N-methyl/N-ethyl adjacent to an activating group) is 1. The Morgan fingerprint density at radius 3 is 3.10 bits per heavy atom. The molecule has 2 amide bonds. The number of nitrogens with zero attached hydrogens (tertiary/aromatic N) is 2. The highest BCUT2D eigenvalue weighted by Gasteiger charge is 2.21. The molecule has 0 aromatic carbocycles. The lowest BCUT2D eigenvalue weighted by Crippen LogP contribution is -2.48. The van der Waals surface area contributed by atoms with Crippen molar-refractivity contribution in [3.8, 4) is 0 Å². The van der Waals surface area contributed by atoms with E-state index in [-0.39, 0.29) is 6.03 Å². The molecular weight excluding hydrogens is 254 g/mol. The maximum atomic E-state index is 12.1. The van der Waals surface area contributed by atoms with Crippen LogP contribution in [0.25, 0.3) is 0 Å². The molecule has 5 nitrogen and oxygen atoms in total. The van der Waals surface area contributed by atoms with Gasteiger partial charge in [0.1, 0.15) is 5.76 Å². The second kappa shape index (κ2) is 7.33. The van der Waals surface area contributed by atoms with Gasteiger partial charge in [-0.3, -0.25) is 4.90 Å². The van der Waals surface area contributed by atoms with E-state index >= 15 is 0 Å². The van der Waals surface area contributed by atoms with Crippen LogP contribution in [0.4, 0.5) is 4.79 Å². The molecule has 5 heteroatoms. The third-order valence-electron chi connectivity index (χ3n) is 3.96. The minimum atomic E-state index is -0.0389. The zero-order valence-electron chi connectivity index (χ0n) is 12.5. The maximum Gasteiger partial charge on any atom is 0.317 e. The molecule has 1 fully saturated rings. The highest BCUT2D eigenvalue weighted by atomic mass is 16.3. The zero-order valence-corrected chi connectivity index (χ0v) is 12.5. The number of carbonyl (C=O) groups is 1. The van der Waals surface area contributed by atoms with Crippen molar-refractivity contribution in [1.29, 1.82) is 0 Å². The topological polar surface area (TPSA) is 48.7 Å². The van der Waals surface area contributed by atoms with Crippen LogP contribution in [0.2, 0.25) is 0 Å². The second-order valence-electron chi connectivity index (χ2n) is 5.40. The van der Waals surface area contributed by atoms with E-state index < -0.39 is 0 Å². The summed E-state index contributed by atoms with van der Waals surface area (Å²) in [6.07, 6.45) is 5.34. The van der Waals surface area contributed by atoms with Crippen LogP contribution >= 0.6 is 0 Å². The number of carbonyl (C=O) groups excluding carboxylic acids is 1. The van der Waals surface area contributed by atoms with Gasteiger partial charge in [-0.05, 0) is 38.1 Å². The fraction of sp³-hybridized carbons (Fsp3) is 0.667. The summed E-state index contributed by atoms with van der Waals surface area (Å²) >= 11 is 0. The Morgan fingerprint density at radius 1 is 1.55 bits per heavy atom. The SMILES string of the molecule is CCN1CCCCC1CNC(=O)N(C)Cc1ccco1. The zero-order chi connectivity index (χ0) is 14.4. The maximum absolute atomic E-state index is 12.1. The number of amides is 2. The van der Waals surface area contributed by atoms with Gasteiger partial charge in [-0.2, -0.15) is 0 Å². The van der Waals surface area contributed by atoms with Crippen molar-refractivity contribution < 1.29 is 9.21 Å². The predicted octanol–water partition coefficient (Wildman–Crippen LogP) is 2.30. The van der Waals surface area contributed by atoms with Gasteiger partial charge in [-0.15, -0.1) is 0 Å². The summed E-state index contributed by atoms with van der Waals surface area (Å²) in [5.74, 6) is 0.801. The number of furan rings is 1. The van der Waals surface area contributed by atoms with Crippen molar-refractivity contribution in [1.82, 2.24) is 15.1 Å². The van der Waals surface area contributed by atoms with Crippen LogP contribution < -0.4 is 5.32 Å². The summed E-state index contributed by atoms with van der Waals surface area (Å²) in [7, 11) is 1.79. The number of urea groups is 1. The lowest BCUT2D eigenvalue weighted by atomic mass is 10.0. The first-order valence-electron chi connectivity index (χ1n) is 7.46. The molecule has 1 aliphatic heterocycles. The third-order valence-corrected chi connectivity index (χ3v) is 3.96. The van der Waals surface area contributed by atoms with Crippen LogP contribution in [-0.4, -0.2) is 48.6 Å². The molecule has 1 aromatic rings. The summed E-state index contributed by atoms with van der Waals surface area (Å²) < 4.78 is 5.25. The van der Waals surface area contributed by atoms with Crippen LogP contribution in [0, 0.1) is 0 Å². The summed E-state index contributed by atoms with van der Waals surface area (Å²) in [4.78, 5) is 16.2. The molecule has 1 unspecified atom stereocenters. The van der Waals surface area contributed by atoms with E-state index in [0.717, 1.165) is 25.4 Å². The highest BCUT2D eigenvalue weighted by molar-refractivity contribution is 5.73. The molecule has 1 N–H and O–H groups in total. The minimum absolute atomic E-state index is 0.0389. The summed E-state index contributed by atoms with van der Waals surface area (Å²) in [6, 6.07) is 4.16. The number of hydrogen-bond acceptors (Lipinski definition) is 3. The number of nitrogens with one attached hydrogen (secondary N) is 1. The Balaban J connectivity index is 1.76. The Bertz CT molecular complexity index is 405. The fourth-order valence-electron chi connectivity index (χ4n) is 2.76. The predicted molar refractivity (Wildman–Crippen MR) is 78.5 cm³/mol. The molecule has 1 atom stereocenters. The third kappa shape index (κ3) is 4.00. The van der Waals surface area contributed by atoms with Gasteiger partial charge < -0.3 is 14.6 Å². The van der Waals surface area contributed by atoms with E-state index in [0.29, 0.717) is 12.6 Å². The Morgan fingerprint density at radius 2 is 2.40 bits per heavy atom. The molecule has 0 aliphatic carbocycles. The lowest BCUT2D eigenvalue weighted by Gasteiger charge is -2.35. The minimum Gasteiger partial charge on any atom is -0.467 e. The van der Waals surface area contributed by atoms with Crippen molar-refractivity contribution >= 4 is 6.03 Å². The molecule has 1 saturated heterocycles. The molecule has 0 saturated carbocycles. The molecular formula is C15H25N3O2. The second-order valence-corrected chi connectivity index (χ2v) is 5.40. The summed E-state index contributed by atoms with van der Waals surface area (Å²) in [5, 5.41) is 3.03. The standard InChI is InChI=1S/C15H25N3O2/c1-3-18-9-5-4-7-13(18)11-16-15(19)17(2)12-14-8-6-10-20-14/h6,8,10,13H,3-5,7,9,11-12H2,1-2H3,(H,16,19). The molecule has 112 valence electrons. The molecule has 1 aromatic heterocycles. The van der Waals surface area contributed by atoms with E-state index in [1.165, 1.54) is 19.3 Å². The Hall–Kier alpha value is -1.49. The van der Waals surface area contributed by atoms with Crippen molar-refractivity contribution in [3.63, 3.8) is 0 Å². The van der Waals surface area contributed by atoms with Crippen LogP contribution in [-0.2, 0) is 6.54 Å². The average Bonchev–Trinajstić information content (AvgIpc) is 2.97. The van der Waals surface area contributed by atoms with E-state index in [9.17, 15) is 4.79 Å². The summed E-state index contributed by atoms with van der Waals surface area (Å²) in [5.41, 5.74) is 0. The van der Waals surface area contributed by atoms with Gasteiger partial charge in [0.15, 0.2) is 0 Å². The van der Waals surface area contributed by atoms with Crippen LogP contribution in [0.1, 0.15) is 31.9 Å². The van der Waals surface area contributed by atoms with E-state index in [1.54, 1.807) is 18.2 Å². The van der Waals surface area contributed by atoms with Gasteiger partial charge in [0.05, 0.1) is 12.8 Å². The first kappa shape index (κ1) is 14.9. The van der Waals surface area contributed by atoms with Gasteiger partial charge in [-0.25, -0.2) is 4.79 Å². The molecule has 2 rings (SSSR count). The molecule has 0 spiro atoms. The van der Waals surface area contributed by atoms with E-state index in [4.69, 9.17) is 4.42 Å². The van der Waals surface area contributed by atoms with E-state index in [2.05, 4.69) is 17.1 Å². The first-order chi connectivity index (χ1) is 9.70. The van der Waals surface area contributed by atoms with Crippen molar-refractivity contribution in [2.45, 2.75) is 38.8 Å². The molecule has 0 radical (unpaired) electrons. The van der Waals surface area contributed by atoms with Crippen molar-refractivity contribution in [2.24, 2.45) is 0 Å². The summed E-state index contributed by atoms with van der Waals surface area (Å²) in [6.45, 7) is 5.63. The number of rotatable bonds is 5. The average molecular weight is 279 g/mol. The van der Waals surface area contributed by atoms with Gasteiger partial charge in [0, 0.05) is 19.6 Å². The largest absolute Gasteiger partial charge is 0.467 e. The highest BCUT2D eigenvalue weighted by Crippen LogP contribution is 2.15. The monoisotopic (exact) mass is 279 g/mol. The van der Waals surface area contributed by atoms with Gasteiger partial charge in [-0.1, -0.05) is 13.3 Å². The van der Waals surface area contributed by atoms with Crippen molar-refractivity contribution in [2.75, 3.05) is 26.7 Å². The molecule has 0 bridgehead atoms. The van der Waals surface area contributed by atoms with Crippen molar-refractivity contribution in [3.05, 3.63) is 24.2 Å². The number of piperidine rings is 1. The van der Waals surface area contributed by atoms with Crippen LogP contribution in [0.15, 0.2) is 22.8 Å². The quantitative estimate of drug-likeness (QED) is 0.899. The molecule has 20 heavy (non-hydrogen) atoms. The van der Waals surface area contributed by atoms with Gasteiger partial charge in [0.25, 0.3) is 0 Å².